The largest absolute Gasteiger partial charge is 0.493 e. The lowest BCUT2D eigenvalue weighted by atomic mass is 10.2. The van der Waals surface area contributed by atoms with Crippen LogP contribution in [0.3, 0.4) is 0 Å². The predicted molar refractivity (Wildman–Crippen MR) is 95.5 cm³/mol. The van der Waals surface area contributed by atoms with Gasteiger partial charge in [0.25, 0.3) is 5.91 Å². The normalized spacial score (nSPS) is 10.4. The Balaban J connectivity index is 1.70. The number of halogens is 1. The van der Waals surface area contributed by atoms with Gasteiger partial charge in [-0.15, -0.1) is 0 Å². The monoisotopic (exact) mass is 373 g/mol. The molecule has 26 heavy (non-hydrogen) atoms. The second-order valence-electron chi connectivity index (χ2n) is 5.24. The van der Waals surface area contributed by atoms with E-state index in [0.717, 1.165) is 0 Å². The van der Waals surface area contributed by atoms with E-state index in [1.807, 2.05) is 0 Å². The molecule has 1 aromatic heterocycles. The molecule has 7 nitrogen and oxygen atoms in total. The second-order valence-corrected chi connectivity index (χ2v) is 5.65. The summed E-state index contributed by atoms with van der Waals surface area (Å²) in [6.07, 6.45) is 0. The minimum atomic E-state index is -0.318. The zero-order valence-corrected chi connectivity index (χ0v) is 14.9. The van der Waals surface area contributed by atoms with E-state index in [1.54, 1.807) is 56.7 Å². The Labute approximate surface area is 154 Å². The summed E-state index contributed by atoms with van der Waals surface area (Å²) >= 11 is 6.00. The van der Waals surface area contributed by atoms with Gasteiger partial charge in [-0.1, -0.05) is 28.9 Å². The Bertz CT molecular complexity index is 926. The molecule has 0 fully saturated rings. The molecule has 1 heterocycles. The summed E-state index contributed by atoms with van der Waals surface area (Å²) < 4.78 is 15.6. The number of nitrogens with one attached hydrogen (secondary N) is 1. The molecule has 0 unspecified atom stereocenters. The Morgan fingerprint density at radius 1 is 1.15 bits per heavy atom. The van der Waals surface area contributed by atoms with E-state index in [0.29, 0.717) is 33.5 Å². The van der Waals surface area contributed by atoms with Crippen molar-refractivity contribution in [2.24, 2.45) is 0 Å². The minimum Gasteiger partial charge on any atom is -0.493 e. The van der Waals surface area contributed by atoms with Crippen molar-refractivity contribution >= 4 is 17.5 Å². The first-order chi connectivity index (χ1) is 12.6. The molecule has 1 amide bonds. The molecule has 8 heteroatoms. The zero-order chi connectivity index (χ0) is 18.5. The molecule has 134 valence electrons. The first-order valence-electron chi connectivity index (χ1n) is 7.70. The Morgan fingerprint density at radius 3 is 2.65 bits per heavy atom. The van der Waals surface area contributed by atoms with Crippen LogP contribution in [0.1, 0.15) is 16.2 Å². The number of carbonyl (C=O) groups excluding carboxylic acids is 1. The van der Waals surface area contributed by atoms with Gasteiger partial charge >= 0.3 is 0 Å². The molecule has 0 bridgehead atoms. The van der Waals surface area contributed by atoms with E-state index in [-0.39, 0.29) is 18.3 Å². The van der Waals surface area contributed by atoms with E-state index in [4.69, 9.17) is 25.6 Å². The fourth-order valence-corrected chi connectivity index (χ4v) is 2.54. The number of rotatable bonds is 6. The number of ether oxygens (including phenoxy) is 2. The number of benzene rings is 2. The quantitative estimate of drug-likeness (QED) is 0.713. The highest BCUT2D eigenvalue weighted by Gasteiger charge is 2.14. The highest BCUT2D eigenvalue weighted by atomic mass is 35.5. The lowest BCUT2D eigenvalue weighted by Crippen LogP contribution is -2.23. The maximum atomic E-state index is 12.2. The number of nitrogens with zero attached hydrogens (tertiary/aromatic N) is 2. The molecule has 0 saturated heterocycles. The number of amides is 1. The van der Waals surface area contributed by atoms with Gasteiger partial charge in [0.15, 0.2) is 11.5 Å². The minimum absolute atomic E-state index is 0.0876. The molecule has 0 radical (unpaired) electrons. The first kappa shape index (κ1) is 17.8. The van der Waals surface area contributed by atoms with E-state index < -0.39 is 0 Å². The topological polar surface area (TPSA) is 86.5 Å². The Hall–Kier alpha value is -3.06. The van der Waals surface area contributed by atoms with Crippen molar-refractivity contribution < 1.29 is 18.8 Å². The van der Waals surface area contributed by atoms with Crippen LogP contribution >= 0.6 is 11.6 Å². The molecular formula is C18H16ClN3O4. The number of methoxy groups -OCH3 is 2. The van der Waals surface area contributed by atoms with Crippen LogP contribution in [0, 0.1) is 0 Å². The summed E-state index contributed by atoms with van der Waals surface area (Å²) in [5.74, 6) is 1.50. The van der Waals surface area contributed by atoms with Gasteiger partial charge in [-0.3, -0.25) is 4.79 Å². The number of carbonyl (C=O) groups is 1. The highest BCUT2D eigenvalue weighted by Crippen LogP contribution is 2.31. The fourth-order valence-electron chi connectivity index (χ4n) is 2.32. The zero-order valence-electron chi connectivity index (χ0n) is 14.2. The Kier molecular flexibility index (Phi) is 5.38. The van der Waals surface area contributed by atoms with Crippen molar-refractivity contribution in [2.45, 2.75) is 6.54 Å². The average molecular weight is 374 g/mol. The number of hydrogen-bond acceptors (Lipinski definition) is 6. The third kappa shape index (κ3) is 3.78. The number of hydrogen-bond donors (Lipinski definition) is 1. The summed E-state index contributed by atoms with van der Waals surface area (Å²) in [5.41, 5.74) is 1.09. The lowest BCUT2D eigenvalue weighted by molar-refractivity contribution is 0.0946. The summed E-state index contributed by atoms with van der Waals surface area (Å²) in [5, 5.41) is 7.00. The van der Waals surface area contributed by atoms with Crippen LogP contribution in [0.2, 0.25) is 5.02 Å². The molecule has 1 N–H and O–H groups in total. The Morgan fingerprint density at radius 2 is 1.92 bits per heavy atom. The van der Waals surface area contributed by atoms with E-state index in [9.17, 15) is 4.79 Å². The second kappa shape index (κ2) is 7.88. The van der Waals surface area contributed by atoms with Crippen LogP contribution in [0.25, 0.3) is 11.4 Å². The van der Waals surface area contributed by atoms with Gasteiger partial charge in [0.2, 0.25) is 11.7 Å². The van der Waals surface area contributed by atoms with Gasteiger partial charge in [0.1, 0.15) is 0 Å². The van der Waals surface area contributed by atoms with Crippen molar-refractivity contribution in [3.8, 4) is 22.9 Å². The maximum Gasteiger partial charge on any atom is 0.253 e. The van der Waals surface area contributed by atoms with Crippen molar-refractivity contribution in [1.29, 1.82) is 0 Å². The fraction of sp³-hybridized carbons (Fsp3) is 0.167. The van der Waals surface area contributed by atoms with Gasteiger partial charge in [-0.2, -0.15) is 4.98 Å². The molecule has 3 rings (SSSR count). The third-order valence-corrected chi connectivity index (χ3v) is 3.96. The molecule has 0 aliphatic rings. The van der Waals surface area contributed by atoms with Gasteiger partial charge in [-0.05, 0) is 30.3 Å². The standard InChI is InChI=1S/C18H16ClN3O4/c1-24-14-8-7-11(9-15(14)25-2)17-21-16(26-22-17)10-20-18(23)12-5-3-4-6-13(12)19/h3-9H,10H2,1-2H3,(H,20,23). The summed E-state index contributed by atoms with van der Waals surface area (Å²) in [7, 11) is 3.11. The van der Waals surface area contributed by atoms with Gasteiger partial charge in [-0.25, -0.2) is 0 Å². The van der Waals surface area contributed by atoms with Crippen LogP contribution in [0.5, 0.6) is 11.5 Å². The van der Waals surface area contributed by atoms with Crippen LogP contribution in [0.15, 0.2) is 47.0 Å². The molecule has 0 aliphatic carbocycles. The molecule has 0 spiro atoms. The first-order valence-corrected chi connectivity index (χ1v) is 8.08. The molecular weight excluding hydrogens is 358 g/mol. The van der Waals surface area contributed by atoms with Crippen molar-refractivity contribution in [3.63, 3.8) is 0 Å². The molecule has 0 atom stereocenters. The van der Waals surface area contributed by atoms with Crippen LogP contribution in [-0.4, -0.2) is 30.3 Å². The van der Waals surface area contributed by atoms with E-state index in [2.05, 4.69) is 15.5 Å². The van der Waals surface area contributed by atoms with Crippen LogP contribution in [0.4, 0.5) is 0 Å². The summed E-state index contributed by atoms with van der Waals surface area (Å²) in [6, 6.07) is 12.1. The summed E-state index contributed by atoms with van der Waals surface area (Å²) in [4.78, 5) is 16.4. The van der Waals surface area contributed by atoms with Crippen molar-refractivity contribution in [3.05, 3.63) is 58.9 Å². The van der Waals surface area contributed by atoms with Gasteiger partial charge < -0.3 is 19.3 Å². The van der Waals surface area contributed by atoms with E-state index in [1.165, 1.54) is 0 Å². The van der Waals surface area contributed by atoms with Gasteiger partial charge in [0, 0.05) is 5.56 Å². The SMILES string of the molecule is COc1ccc(-c2noc(CNC(=O)c3ccccc3Cl)n2)cc1OC. The smallest absolute Gasteiger partial charge is 0.253 e. The lowest BCUT2D eigenvalue weighted by Gasteiger charge is -2.07. The molecule has 0 saturated carbocycles. The van der Waals surface area contributed by atoms with Gasteiger partial charge in [0.05, 0.1) is 31.4 Å². The maximum absolute atomic E-state index is 12.2. The third-order valence-electron chi connectivity index (χ3n) is 3.63. The van der Waals surface area contributed by atoms with Crippen LogP contribution < -0.4 is 14.8 Å². The number of aromatic nitrogens is 2. The van der Waals surface area contributed by atoms with Crippen molar-refractivity contribution in [1.82, 2.24) is 15.5 Å². The highest BCUT2D eigenvalue weighted by molar-refractivity contribution is 6.33. The summed E-state index contributed by atoms with van der Waals surface area (Å²) in [6.45, 7) is 0.0876. The van der Waals surface area contributed by atoms with Crippen LogP contribution in [-0.2, 0) is 6.54 Å². The predicted octanol–water partition coefficient (Wildman–Crippen LogP) is 3.34. The molecule has 3 aromatic rings. The molecule has 2 aromatic carbocycles. The van der Waals surface area contributed by atoms with Crippen molar-refractivity contribution in [2.75, 3.05) is 14.2 Å². The molecule has 0 aliphatic heterocycles. The van der Waals surface area contributed by atoms with E-state index >= 15 is 0 Å². The average Bonchev–Trinajstić information content (AvgIpc) is 3.15.